The van der Waals surface area contributed by atoms with E-state index in [-0.39, 0.29) is 10.9 Å². The second-order valence-electron chi connectivity index (χ2n) is 4.44. The molecule has 0 saturated heterocycles. The molecule has 7 heteroatoms. The maximum atomic E-state index is 12.0. The molecule has 1 aliphatic carbocycles. The summed E-state index contributed by atoms with van der Waals surface area (Å²) in [5.41, 5.74) is 0.503. The van der Waals surface area contributed by atoms with Gasteiger partial charge in [0.2, 0.25) is 10.0 Å². The Morgan fingerprint density at radius 3 is 2.76 bits per heavy atom. The number of hydrogen-bond acceptors (Lipinski definition) is 4. The lowest BCUT2D eigenvalue weighted by atomic mass is 9.93. The van der Waals surface area contributed by atoms with Crippen molar-refractivity contribution in [2.24, 2.45) is 0 Å². The molecule has 2 atom stereocenters. The summed E-state index contributed by atoms with van der Waals surface area (Å²) in [7, 11) is -3.58. The zero-order valence-electron chi connectivity index (χ0n) is 9.68. The van der Waals surface area contributed by atoms with E-state index in [1.54, 1.807) is 6.92 Å². The zero-order chi connectivity index (χ0) is 12.5. The minimum atomic E-state index is -3.58. The Hall–Kier alpha value is -0.920. The highest BCUT2D eigenvalue weighted by Gasteiger charge is 2.29. The molecular formula is C10H17N3O3S. The highest BCUT2D eigenvalue weighted by Crippen LogP contribution is 2.21. The van der Waals surface area contributed by atoms with Crippen LogP contribution in [0.25, 0.3) is 0 Å². The number of hydrogen-bond donors (Lipinski definition) is 3. The van der Waals surface area contributed by atoms with E-state index in [2.05, 4.69) is 14.9 Å². The zero-order valence-corrected chi connectivity index (χ0v) is 10.5. The van der Waals surface area contributed by atoms with E-state index in [0.29, 0.717) is 18.5 Å². The molecule has 0 aromatic carbocycles. The second kappa shape index (κ2) is 4.75. The van der Waals surface area contributed by atoms with Crippen LogP contribution in [0.15, 0.2) is 11.1 Å². The van der Waals surface area contributed by atoms with Gasteiger partial charge in [-0.25, -0.2) is 13.1 Å². The summed E-state index contributed by atoms with van der Waals surface area (Å²) in [5.74, 6) is 0. The Morgan fingerprint density at radius 2 is 2.18 bits per heavy atom. The van der Waals surface area contributed by atoms with Crippen molar-refractivity contribution in [2.45, 2.75) is 49.6 Å². The largest absolute Gasteiger partial charge is 0.391 e. The third-order valence-corrected chi connectivity index (χ3v) is 4.71. The summed E-state index contributed by atoms with van der Waals surface area (Å²) in [5, 5.41) is 16.0. The number of H-pyrrole nitrogens is 1. The summed E-state index contributed by atoms with van der Waals surface area (Å²) in [4.78, 5) is 0.148. The minimum absolute atomic E-state index is 0.148. The quantitative estimate of drug-likeness (QED) is 0.727. The van der Waals surface area contributed by atoms with E-state index in [1.807, 2.05) is 0 Å². The molecule has 1 heterocycles. The third-order valence-electron chi connectivity index (χ3n) is 3.11. The number of aryl methyl sites for hydroxylation is 1. The van der Waals surface area contributed by atoms with Gasteiger partial charge >= 0.3 is 0 Å². The number of aromatic amines is 1. The molecule has 6 nitrogen and oxygen atoms in total. The highest BCUT2D eigenvalue weighted by molar-refractivity contribution is 7.89. The van der Waals surface area contributed by atoms with E-state index in [9.17, 15) is 13.5 Å². The summed E-state index contributed by atoms with van der Waals surface area (Å²) in [6.07, 6.45) is 3.91. The van der Waals surface area contributed by atoms with E-state index < -0.39 is 16.1 Å². The van der Waals surface area contributed by atoms with Gasteiger partial charge in [-0.15, -0.1) is 0 Å². The first kappa shape index (κ1) is 12.5. The number of aliphatic hydroxyl groups excluding tert-OH is 1. The third kappa shape index (κ3) is 2.67. The Bertz CT molecular complexity index is 483. The topological polar surface area (TPSA) is 95.1 Å². The van der Waals surface area contributed by atoms with Crippen LogP contribution in [0, 0.1) is 6.92 Å². The Balaban J connectivity index is 2.15. The number of sulfonamides is 1. The fraction of sp³-hybridized carbons (Fsp3) is 0.700. The van der Waals surface area contributed by atoms with Crippen LogP contribution in [0.2, 0.25) is 0 Å². The first-order valence-electron chi connectivity index (χ1n) is 5.71. The summed E-state index contributed by atoms with van der Waals surface area (Å²) < 4.78 is 26.6. The lowest BCUT2D eigenvalue weighted by Crippen LogP contribution is -2.45. The molecule has 0 amide bonds. The van der Waals surface area contributed by atoms with Gasteiger partial charge in [0.25, 0.3) is 0 Å². The molecular weight excluding hydrogens is 242 g/mol. The van der Waals surface area contributed by atoms with Crippen LogP contribution in [0.4, 0.5) is 0 Å². The van der Waals surface area contributed by atoms with Crippen LogP contribution in [0.5, 0.6) is 0 Å². The van der Waals surface area contributed by atoms with Crippen LogP contribution in [-0.4, -0.2) is 35.9 Å². The van der Waals surface area contributed by atoms with Crippen molar-refractivity contribution in [1.82, 2.24) is 14.9 Å². The van der Waals surface area contributed by atoms with Crippen LogP contribution < -0.4 is 4.72 Å². The fourth-order valence-corrected chi connectivity index (χ4v) is 3.56. The smallest absolute Gasteiger partial charge is 0.244 e. The van der Waals surface area contributed by atoms with Crippen LogP contribution >= 0.6 is 0 Å². The van der Waals surface area contributed by atoms with Crippen molar-refractivity contribution in [3.05, 3.63) is 11.9 Å². The molecule has 0 aliphatic heterocycles. The summed E-state index contributed by atoms with van der Waals surface area (Å²) in [6, 6.07) is -0.386. The Kier molecular flexibility index (Phi) is 3.50. The lowest BCUT2D eigenvalue weighted by Gasteiger charge is -2.27. The number of aromatic nitrogens is 2. The van der Waals surface area contributed by atoms with Gasteiger partial charge in [-0.3, -0.25) is 5.10 Å². The molecule has 1 aromatic heterocycles. The second-order valence-corrected chi connectivity index (χ2v) is 6.12. The average Bonchev–Trinajstić information content (AvgIpc) is 2.68. The monoisotopic (exact) mass is 259 g/mol. The van der Waals surface area contributed by atoms with Gasteiger partial charge in [-0.05, 0) is 19.8 Å². The standard InChI is InChI=1S/C10H17N3O3S/c1-7-10(6-11-12-7)17(15,16)13-8-4-2-3-5-9(8)14/h6,8-9,13-14H,2-5H2,1H3,(H,11,12). The van der Waals surface area contributed by atoms with E-state index in [4.69, 9.17) is 0 Å². The van der Waals surface area contributed by atoms with Gasteiger partial charge in [-0.2, -0.15) is 5.10 Å². The number of aliphatic hydroxyl groups is 1. The Morgan fingerprint density at radius 1 is 1.47 bits per heavy atom. The Labute approximate surface area is 100 Å². The molecule has 2 rings (SSSR count). The van der Waals surface area contributed by atoms with Gasteiger partial charge in [0, 0.05) is 6.04 Å². The highest BCUT2D eigenvalue weighted by atomic mass is 32.2. The average molecular weight is 259 g/mol. The molecule has 1 aliphatic rings. The fourth-order valence-electron chi connectivity index (χ4n) is 2.12. The van der Waals surface area contributed by atoms with Gasteiger partial charge < -0.3 is 5.11 Å². The first-order valence-corrected chi connectivity index (χ1v) is 7.19. The van der Waals surface area contributed by atoms with E-state index >= 15 is 0 Å². The molecule has 0 radical (unpaired) electrons. The van der Waals surface area contributed by atoms with Crippen molar-refractivity contribution in [1.29, 1.82) is 0 Å². The van der Waals surface area contributed by atoms with Gasteiger partial charge in [0.1, 0.15) is 4.90 Å². The van der Waals surface area contributed by atoms with Crippen molar-refractivity contribution < 1.29 is 13.5 Å². The number of rotatable bonds is 3. The van der Waals surface area contributed by atoms with E-state index in [0.717, 1.165) is 12.8 Å². The van der Waals surface area contributed by atoms with Crippen molar-refractivity contribution in [2.75, 3.05) is 0 Å². The predicted octanol–water partition coefficient (Wildman–Crippen LogP) is 0.300. The van der Waals surface area contributed by atoms with Crippen LogP contribution in [0.3, 0.4) is 0 Å². The lowest BCUT2D eigenvalue weighted by molar-refractivity contribution is 0.101. The predicted molar refractivity (Wildman–Crippen MR) is 61.9 cm³/mol. The van der Waals surface area contributed by atoms with Crippen LogP contribution in [0.1, 0.15) is 31.4 Å². The molecule has 96 valence electrons. The van der Waals surface area contributed by atoms with Crippen molar-refractivity contribution >= 4 is 10.0 Å². The molecule has 2 unspecified atom stereocenters. The maximum absolute atomic E-state index is 12.0. The molecule has 1 aromatic rings. The van der Waals surface area contributed by atoms with Gasteiger partial charge in [-0.1, -0.05) is 12.8 Å². The maximum Gasteiger partial charge on any atom is 0.244 e. The molecule has 17 heavy (non-hydrogen) atoms. The van der Waals surface area contributed by atoms with Gasteiger partial charge in [0.15, 0.2) is 0 Å². The molecule has 0 spiro atoms. The van der Waals surface area contributed by atoms with Crippen molar-refractivity contribution in [3.63, 3.8) is 0 Å². The van der Waals surface area contributed by atoms with Crippen LogP contribution in [-0.2, 0) is 10.0 Å². The van der Waals surface area contributed by atoms with E-state index in [1.165, 1.54) is 6.20 Å². The van der Waals surface area contributed by atoms with Gasteiger partial charge in [0.05, 0.1) is 18.0 Å². The summed E-state index contributed by atoms with van der Waals surface area (Å²) in [6.45, 7) is 1.65. The first-order chi connectivity index (χ1) is 8.00. The molecule has 1 fully saturated rings. The SMILES string of the molecule is Cc1[nH]ncc1S(=O)(=O)NC1CCCCC1O. The molecule has 0 bridgehead atoms. The van der Waals surface area contributed by atoms with Crippen molar-refractivity contribution in [3.8, 4) is 0 Å². The summed E-state index contributed by atoms with van der Waals surface area (Å²) >= 11 is 0. The number of nitrogens with zero attached hydrogens (tertiary/aromatic N) is 1. The number of nitrogens with one attached hydrogen (secondary N) is 2. The minimum Gasteiger partial charge on any atom is -0.391 e. The molecule has 3 N–H and O–H groups in total. The normalized spacial score (nSPS) is 26.0. The molecule has 1 saturated carbocycles.